The number of carboxylic acids is 1. The van der Waals surface area contributed by atoms with Gasteiger partial charge in [0.25, 0.3) is 5.91 Å². The van der Waals surface area contributed by atoms with E-state index in [-0.39, 0.29) is 16.6 Å². The second-order valence-electron chi connectivity index (χ2n) is 4.51. The number of rotatable bonds is 4. The summed E-state index contributed by atoms with van der Waals surface area (Å²) in [5.41, 5.74) is 1.38. The highest BCUT2D eigenvalue weighted by molar-refractivity contribution is 6.32. The number of halogens is 1. The second-order valence-corrected chi connectivity index (χ2v) is 4.86. The molecule has 0 saturated carbocycles. The second kappa shape index (κ2) is 6.37. The van der Waals surface area contributed by atoms with Crippen molar-refractivity contribution in [3.05, 3.63) is 64.4 Å². The number of hydrogen-bond donors (Lipinski definition) is 1. The molecule has 0 aliphatic carbocycles. The fourth-order valence-electron chi connectivity index (χ4n) is 1.85. The van der Waals surface area contributed by atoms with Crippen LogP contribution in [0.1, 0.15) is 26.3 Å². The molecule has 0 aliphatic heterocycles. The molecule has 0 fully saturated rings. The molecule has 6 heteroatoms. The number of carboxylic acid groups (broad SMARTS) is 1. The summed E-state index contributed by atoms with van der Waals surface area (Å²) in [7, 11) is 1.65. The lowest BCUT2D eigenvalue weighted by Crippen LogP contribution is -2.26. The van der Waals surface area contributed by atoms with Gasteiger partial charge >= 0.3 is 5.97 Å². The molecule has 108 valence electrons. The maximum Gasteiger partial charge on any atom is 0.335 e. The van der Waals surface area contributed by atoms with Gasteiger partial charge in [0.05, 0.1) is 11.1 Å². The molecule has 0 aliphatic rings. The molecule has 0 radical (unpaired) electrons. The minimum atomic E-state index is -0.979. The van der Waals surface area contributed by atoms with Crippen molar-refractivity contribution >= 4 is 23.5 Å². The molecule has 0 saturated heterocycles. The van der Waals surface area contributed by atoms with Crippen LogP contribution >= 0.6 is 11.6 Å². The van der Waals surface area contributed by atoms with E-state index in [1.165, 1.54) is 23.2 Å². The molecule has 0 atom stereocenters. The van der Waals surface area contributed by atoms with Crippen molar-refractivity contribution in [2.75, 3.05) is 7.05 Å². The van der Waals surface area contributed by atoms with Crippen LogP contribution in [0.25, 0.3) is 0 Å². The zero-order valence-electron chi connectivity index (χ0n) is 11.3. The zero-order chi connectivity index (χ0) is 15.4. The average molecular weight is 305 g/mol. The summed E-state index contributed by atoms with van der Waals surface area (Å²) in [6.07, 6.45) is 1.52. The number of aromatic nitrogens is 1. The summed E-state index contributed by atoms with van der Waals surface area (Å²) in [6, 6.07) is 9.63. The minimum Gasteiger partial charge on any atom is -0.478 e. The summed E-state index contributed by atoms with van der Waals surface area (Å²) >= 11 is 5.90. The van der Waals surface area contributed by atoms with Gasteiger partial charge < -0.3 is 10.0 Å². The van der Waals surface area contributed by atoms with Crippen LogP contribution in [-0.4, -0.2) is 33.9 Å². The summed E-state index contributed by atoms with van der Waals surface area (Å²) in [5.74, 6) is -1.22. The van der Waals surface area contributed by atoms with Crippen molar-refractivity contribution in [2.24, 2.45) is 0 Å². The zero-order valence-corrected chi connectivity index (χ0v) is 12.0. The van der Waals surface area contributed by atoms with E-state index < -0.39 is 5.97 Å². The molecule has 0 spiro atoms. The number of carbonyl (C=O) groups excluding carboxylic acids is 1. The minimum absolute atomic E-state index is 0.163. The molecule has 21 heavy (non-hydrogen) atoms. The summed E-state index contributed by atoms with van der Waals surface area (Å²) in [6.45, 7) is 0.351. The lowest BCUT2D eigenvalue weighted by atomic mass is 10.1. The number of amides is 1. The Morgan fingerprint density at radius 2 is 1.90 bits per heavy atom. The smallest absolute Gasteiger partial charge is 0.335 e. The van der Waals surface area contributed by atoms with Crippen molar-refractivity contribution in [2.45, 2.75) is 6.54 Å². The van der Waals surface area contributed by atoms with Crippen LogP contribution in [0.15, 0.2) is 42.6 Å². The Kier molecular flexibility index (Phi) is 4.55. The van der Waals surface area contributed by atoms with Gasteiger partial charge in [-0.1, -0.05) is 23.7 Å². The van der Waals surface area contributed by atoms with Crippen LogP contribution in [0.2, 0.25) is 5.15 Å². The Bertz CT molecular complexity index is 671. The number of carbonyl (C=O) groups is 2. The Morgan fingerprint density at radius 1 is 1.24 bits per heavy atom. The van der Waals surface area contributed by atoms with E-state index in [1.54, 1.807) is 31.3 Å². The van der Waals surface area contributed by atoms with E-state index >= 15 is 0 Å². The number of aromatic carboxylic acids is 1. The number of benzene rings is 1. The SMILES string of the molecule is CN(Cc1ccc(C(=O)O)cc1)C(=O)c1cccnc1Cl. The predicted molar refractivity (Wildman–Crippen MR) is 78.4 cm³/mol. The van der Waals surface area contributed by atoms with Crippen molar-refractivity contribution in [1.82, 2.24) is 9.88 Å². The Hall–Kier alpha value is -2.40. The lowest BCUT2D eigenvalue weighted by molar-refractivity contribution is 0.0695. The van der Waals surface area contributed by atoms with E-state index in [0.717, 1.165) is 5.56 Å². The molecular formula is C15H13ClN2O3. The third-order valence-corrected chi connectivity index (χ3v) is 3.26. The summed E-state index contributed by atoms with van der Waals surface area (Å²) < 4.78 is 0. The quantitative estimate of drug-likeness (QED) is 0.882. The van der Waals surface area contributed by atoms with E-state index in [2.05, 4.69) is 4.98 Å². The first-order valence-electron chi connectivity index (χ1n) is 6.17. The first-order valence-corrected chi connectivity index (χ1v) is 6.55. The van der Waals surface area contributed by atoms with Crippen LogP contribution < -0.4 is 0 Å². The maximum absolute atomic E-state index is 12.3. The molecule has 1 N–H and O–H groups in total. The number of nitrogens with zero attached hydrogens (tertiary/aromatic N) is 2. The molecule has 1 aromatic carbocycles. The van der Waals surface area contributed by atoms with Gasteiger partial charge in [0.1, 0.15) is 5.15 Å². The van der Waals surface area contributed by atoms with Crippen LogP contribution in [0.3, 0.4) is 0 Å². The van der Waals surface area contributed by atoms with Crippen LogP contribution in [0.5, 0.6) is 0 Å². The van der Waals surface area contributed by atoms with Crippen LogP contribution in [0, 0.1) is 0 Å². The summed E-state index contributed by atoms with van der Waals surface area (Å²) in [4.78, 5) is 28.4. The molecule has 1 amide bonds. The van der Waals surface area contributed by atoms with Gasteiger partial charge in [-0.25, -0.2) is 9.78 Å². The standard InChI is InChI=1S/C15H13ClN2O3/c1-18(14(19)12-3-2-8-17-13(12)16)9-10-4-6-11(7-5-10)15(20)21/h2-8H,9H2,1H3,(H,20,21). The number of pyridine rings is 1. The Balaban J connectivity index is 2.10. The fourth-order valence-corrected chi connectivity index (χ4v) is 2.05. The van der Waals surface area contributed by atoms with Crippen LogP contribution in [-0.2, 0) is 6.54 Å². The van der Waals surface area contributed by atoms with Gasteiger partial charge in [-0.2, -0.15) is 0 Å². The predicted octanol–water partition coefficient (Wildman–Crippen LogP) is 2.71. The molecule has 2 rings (SSSR count). The molecular weight excluding hydrogens is 292 g/mol. The molecule has 0 unspecified atom stereocenters. The average Bonchev–Trinajstić information content (AvgIpc) is 2.47. The largest absolute Gasteiger partial charge is 0.478 e. The van der Waals surface area contributed by atoms with Gasteiger partial charge in [-0.05, 0) is 29.8 Å². The summed E-state index contributed by atoms with van der Waals surface area (Å²) in [5, 5.41) is 9.00. The highest BCUT2D eigenvalue weighted by Crippen LogP contribution is 2.15. The number of hydrogen-bond acceptors (Lipinski definition) is 3. The van der Waals surface area contributed by atoms with E-state index in [4.69, 9.17) is 16.7 Å². The first-order chi connectivity index (χ1) is 9.99. The van der Waals surface area contributed by atoms with Crippen molar-refractivity contribution < 1.29 is 14.7 Å². The van der Waals surface area contributed by atoms with E-state index in [9.17, 15) is 9.59 Å². The fraction of sp³-hybridized carbons (Fsp3) is 0.133. The monoisotopic (exact) mass is 304 g/mol. The third-order valence-electron chi connectivity index (χ3n) is 2.96. The van der Waals surface area contributed by atoms with Gasteiger partial charge in [0, 0.05) is 19.8 Å². The van der Waals surface area contributed by atoms with Gasteiger partial charge in [-0.3, -0.25) is 4.79 Å². The lowest BCUT2D eigenvalue weighted by Gasteiger charge is -2.17. The molecule has 1 aromatic heterocycles. The van der Waals surface area contributed by atoms with E-state index in [1.807, 2.05) is 0 Å². The first kappa shape index (κ1) is 15.0. The molecule has 1 heterocycles. The highest BCUT2D eigenvalue weighted by atomic mass is 35.5. The van der Waals surface area contributed by atoms with Crippen LogP contribution in [0.4, 0.5) is 0 Å². The maximum atomic E-state index is 12.3. The molecule has 5 nitrogen and oxygen atoms in total. The van der Waals surface area contributed by atoms with E-state index in [0.29, 0.717) is 12.1 Å². The molecule has 0 bridgehead atoms. The van der Waals surface area contributed by atoms with Crippen molar-refractivity contribution in [3.63, 3.8) is 0 Å². The molecule has 2 aromatic rings. The van der Waals surface area contributed by atoms with Gasteiger partial charge in [0.2, 0.25) is 0 Å². The van der Waals surface area contributed by atoms with Crippen molar-refractivity contribution in [1.29, 1.82) is 0 Å². The normalized spacial score (nSPS) is 10.2. The Morgan fingerprint density at radius 3 is 2.48 bits per heavy atom. The van der Waals surface area contributed by atoms with Gasteiger partial charge in [-0.15, -0.1) is 0 Å². The highest BCUT2D eigenvalue weighted by Gasteiger charge is 2.15. The Labute approximate surface area is 126 Å². The third kappa shape index (κ3) is 3.58. The van der Waals surface area contributed by atoms with Crippen molar-refractivity contribution in [3.8, 4) is 0 Å². The van der Waals surface area contributed by atoms with Gasteiger partial charge in [0.15, 0.2) is 0 Å². The topological polar surface area (TPSA) is 70.5 Å².